The Kier molecular flexibility index (Phi) is 4.64. The van der Waals surface area contributed by atoms with E-state index in [2.05, 4.69) is 0 Å². The Balaban J connectivity index is 0.000000328. The van der Waals surface area contributed by atoms with Crippen LogP contribution < -0.4 is 15.9 Å². The lowest BCUT2D eigenvalue weighted by molar-refractivity contribution is -0.134. The summed E-state index contributed by atoms with van der Waals surface area (Å²) in [6, 6.07) is 5.95. The fourth-order valence-corrected chi connectivity index (χ4v) is 2.25. The second kappa shape index (κ2) is 6.26. The van der Waals surface area contributed by atoms with Gasteiger partial charge >= 0.3 is 7.12 Å². The first kappa shape index (κ1) is 14.8. The number of benzene rings is 1. The molecule has 2 heterocycles. The maximum Gasteiger partial charge on any atom is 0.498 e. The monoisotopic (exact) mass is 279 g/mol. The van der Waals surface area contributed by atoms with E-state index < -0.39 is 5.97 Å². The predicted molar refractivity (Wildman–Crippen MR) is 74.1 cm³/mol. The molecule has 2 unspecified atom stereocenters. The molecule has 6 nitrogen and oxygen atoms in total. The molecule has 0 amide bonds. The van der Waals surface area contributed by atoms with Gasteiger partial charge in [0.15, 0.2) is 0 Å². The van der Waals surface area contributed by atoms with Crippen molar-refractivity contribution in [1.82, 2.24) is 0 Å². The zero-order valence-electron chi connectivity index (χ0n) is 11.5. The van der Waals surface area contributed by atoms with E-state index in [0.29, 0.717) is 13.2 Å². The number of aliphatic carboxylic acids is 1. The molecule has 1 aromatic rings. The molecule has 0 aliphatic carbocycles. The van der Waals surface area contributed by atoms with Crippen molar-refractivity contribution in [2.45, 2.75) is 26.1 Å². The van der Waals surface area contributed by atoms with Gasteiger partial charge in [-0.2, -0.15) is 0 Å². The number of carbonyl (C=O) groups is 1. The Labute approximate surface area is 118 Å². The molecule has 2 atom stereocenters. The van der Waals surface area contributed by atoms with Gasteiger partial charge in [0.05, 0.1) is 12.2 Å². The summed E-state index contributed by atoms with van der Waals surface area (Å²) < 4.78 is 17.3. The molecule has 0 fully saturated rings. The topological polar surface area (TPSA) is 91.0 Å². The van der Waals surface area contributed by atoms with Crippen LogP contribution in [0.4, 0.5) is 0 Å². The van der Waals surface area contributed by atoms with E-state index in [1.165, 1.54) is 0 Å². The number of hydrogen-bond acceptors (Lipinski definition) is 5. The molecular weight excluding hydrogens is 261 g/mol. The molecule has 1 aromatic carbocycles. The van der Waals surface area contributed by atoms with Crippen molar-refractivity contribution < 1.29 is 23.9 Å². The molecule has 0 bridgehead atoms. The fourth-order valence-electron chi connectivity index (χ4n) is 2.25. The highest BCUT2D eigenvalue weighted by Crippen LogP contribution is 2.30. The van der Waals surface area contributed by atoms with Crippen LogP contribution in [0.5, 0.6) is 5.75 Å². The first-order valence-corrected chi connectivity index (χ1v) is 6.49. The van der Waals surface area contributed by atoms with Crippen molar-refractivity contribution in [2.75, 3.05) is 13.2 Å². The van der Waals surface area contributed by atoms with Crippen LogP contribution in [0.25, 0.3) is 0 Å². The van der Waals surface area contributed by atoms with Gasteiger partial charge in [-0.3, -0.25) is 4.79 Å². The minimum Gasteiger partial charge on any atom is -0.491 e. The fraction of sp³-hybridized carbons (Fsp3) is 0.462. The van der Waals surface area contributed by atoms with Gasteiger partial charge in [-0.15, -0.1) is 0 Å². The Morgan fingerprint density at radius 2 is 2.20 bits per heavy atom. The van der Waals surface area contributed by atoms with Crippen LogP contribution in [0.1, 0.15) is 25.5 Å². The van der Waals surface area contributed by atoms with Gasteiger partial charge in [0.1, 0.15) is 12.4 Å². The summed E-state index contributed by atoms with van der Waals surface area (Å²) >= 11 is 0. The SMILES string of the molecule is CC(=O)O.CC1COc2cccc3c2B(O1)OC3CN. The largest absolute Gasteiger partial charge is 0.498 e. The molecule has 20 heavy (non-hydrogen) atoms. The number of ether oxygens (including phenoxy) is 1. The van der Waals surface area contributed by atoms with Crippen LogP contribution in [0.15, 0.2) is 18.2 Å². The summed E-state index contributed by atoms with van der Waals surface area (Å²) in [5, 5.41) is 7.42. The van der Waals surface area contributed by atoms with Gasteiger partial charge in [-0.1, -0.05) is 12.1 Å². The molecule has 0 aromatic heterocycles. The Hall–Kier alpha value is -1.57. The predicted octanol–water partition coefficient (Wildman–Crippen LogP) is 0.300. The molecule has 3 N–H and O–H groups in total. The van der Waals surface area contributed by atoms with Crippen LogP contribution in [-0.4, -0.2) is 37.4 Å². The van der Waals surface area contributed by atoms with E-state index in [0.717, 1.165) is 23.7 Å². The highest BCUT2D eigenvalue weighted by atomic mass is 16.6. The lowest BCUT2D eigenvalue weighted by atomic mass is 9.77. The molecule has 3 rings (SSSR count). The first-order valence-electron chi connectivity index (χ1n) is 6.49. The molecule has 0 saturated heterocycles. The minimum absolute atomic E-state index is 0.0294. The third-order valence-corrected chi connectivity index (χ3v) is 3.01. The molecule has 108 valence electrons. The highest BCUT2D eigenvalue weighted by Gasteiger charge is 2.42. The van der Waals surface area contributed by atoms with Crippen LogP contribution in [0, 0.1) is 0 Å². The molecular formula is C13H18BNO5. The van der Waals surface area contributed by atoms with E-state index in [1.807, 2.05) is 25.1 Å². The van der Waals surface area contributed by atoms with Crippen LogP contribution in [-0.2, 0) is 14.1 Å². The molecule has 0 radical (unpaired) electrons. The molecule has 0 saturated carbocycles. The van der Waals surface area contributed by atoms with Gasteiger partial charge in [0.2, 0.25) is 0 Å². The number of carboxylic acid groups (broad SMARTS) is 1. The summed E-state index contributed by atoms with van der Waals surface area (Å²) in [6.45, 7) is 4.08. The van der Waals surface area contributed by atoms with E-state index >= 15 is 0 Å². The number of hydrogen-bond donors (Lipinski definition) is 2. The van der Waals surface area contributed by atoms with E-state index in [-0.39, 0.29) is 19.3 Å². The maximum absolute atomic E-state index is 9.00. The van der Waals surface area contributed by atoms with Crippen LogP contribution in [0.2, 0.25) is 0 Å². The smallest absolute Gasteiger partial charge is 0.491 e. The average Bonchev–Trinajstić information content (AvgIpc) is 2.65. The van der Waals surface area contributed by atoms with E-state index in [1.54, 1.807) is 0 Å². The first-order chi connectivity index (χ1) is 9.52. The Morgan fingerprint density at radius 1 is 1.50 bits per heavy atom. The summed E-state index contributed by atoms with van der Waals surface area (Å²) in [7, 11) is -0.322. The zero-order chi connectivity index (χ0) is 14.7. The third-order valence-electron chi connectivity index (χ3n) is 3.01. The Bertz CT molecular complexity index is 492. The van der Waals surface area contributed by atoms with Gasteiger partial charge in [-0.05, 0) is 18.6 Å². The van der Waals surface area contributed by atoms with Crippen molar-refractivity contribution >= 4 is 18.6 Å². The third kappa shape index (κ3) is 3.12. The number of nitrogens with two attached hydrogens (primary N) is 1. The van der Waals surface area contributed by atoms with E-state index in [4.69, 9.17) is 29.7 Å². The Morgan fingerprint density at radius 3 is 2.85 bits per heavy atom. The number of carboxylic acids is 1. The summed E-state index contributed by atoms with van der Waals surface area (Å²) in [4.78, 5) is 9.00. The van der Waals surface area contributed by atoms with E-state index in [9.17, 15) is 0 Å². The summed E-state index contributed by atoms with van der Waals surface area (Å²) in [5.41, 5.74) is 7.80. The highest BCUT2D eigenvalue weighted by molar-refractivity contribution is 6.64. The second-order valence-corrected chi connectivity index (χ2v) is 4.73. The van der Waals surface area contributed by atoms with Crippen molar-refractivity contribution in [1.29, 1.82) is 0 Å². The summed E-state index contributed by atoms with van der Waals surface area (Å²) in [6.07, 6.45) is -0.0457. The normalized spacial score (nSPS) is 23.1. The lowest BCUT2D eigenvalue weighted by Gasteiger charge is -2.15. The van der Waals surface area contributed by atoms with Crippen LogP contribution >= 0.6 is 0 Å². The quantitative estimate of drug-likeness (QED) is 0.718. The molecule has 0 spiro atoms. The standard InChI is InChI=1S/C11H14BNO3.C2H4O2/c1-7-6-14-9-4-2-3-8-10(5-13)16-12(15-7)11(8)9;1-2(3)4/h2-4,7,10H,5-6,13H2,1H3;1H3,(H,3,4). The van der Waals surface area contributed by atoms with Crippen LogP contribution in [0.3, 0.4) is 0 Å². The van der Waals surface area contributed by atoms with Gasteiger partial charge in [-0.25, -0.2) is 0 Å². The van der Waals surface area contributed by atoms with Gasteiger partial charge < -0.3 is 24.9 Å². The molecule has 7 heteroatoms. The summed E-state index contributed by atoms with van der Waals surface area (Å²) in [5.74, 6) is 0.0304. The average molecular weight is 279 g/mol. The van der Waals surface area contributed by atoms with Gasteiger partial charge in [0.25, 0.3) is 5.97 Å². The molecule has 2 aliphatic rings. The van der Waals surface area contributed by atoms with Crippen molar-refractivity contribution in [3.05, 3.63) is 23.8 Å². The zero-order valence-corrected chi connectivity index (χ0v) is 11.5. The van der Waals surface area contributed by atoms with Crippen molar-refractivity contribution in [2.24, 2.45) is 5.73 Å². The number of rotatable bonds is 1. The second-order valence-electron chi connectivity index (χ2n) is 4.73. The van der Waals surface area contributed by atoms with Gasteiger partial charge in [0, 0.05) is 18.9 Å². The maximum atomic E-state index is 9.00. The lowest BCUT2D eigenvalue weighted by Crippen LogP contribution is -2.34. The van der Waals surface area contributed by atoms with Crippen molar-refractivity contribution in [3.63, 3.8) is 0 Å². The van der Waals surface area contributed by atoms with Crippen molar-refractivity contribution in [3.8, 4) is 5.75 Å². The minimum atomic E-state index is -0.833. The molecule has 2 aliphatic heterocycles.